The van der Waals surface area contributed by atoms with Crippen LogP contribution in [0.3, 0.4) is 0 Å². The van der Waals surface area contributed by atoms with Crippen LogP contribution in [0.5, 0.6) is 5.75 Å². The van der Waals surface area contributed by atoms with E-state index in [1.165, 1.54) is 0 Å². The summed E-state index contributed by atoms with van der Waals surface area (Å²) in [6.45, 7) is 4.99. The first-order valence-electron chi connectivity index (χ1n) is 3.78. The van der Waals surface area contributed by atoms with E-state index in [1.807, 2.05) is 6.07 Å². The Labute approximate surface area is 76.6 Å². The largest absolute Gasteiger partial charge is 0.519 e. The molecule has 3 nitrogen and oxygen atoms in total. The van der Waals surface area contributed by atoms with Crippen LogP contribution in [0.15, 0.2) is 42.7 Å². The fourth-order valence-electron chi connectivity index (χ4n) is 0.748. The van der Waals surface area contributed by atoms with E-state index in [0.717, 1.165) is 0 Å². The van der Waals surface area contributed by atoms with Crippen molar-refractivity contribution in [3.63, 3.8) is 0 Å². The molecule has 0 unspecified atom stereocenters. The van der Waals surface area contributed by atoms with Crippen molar-refractivity contribution in [2.24, 2.45) is 0 Å². The van der Waals surface area contributed by atoms with E-state index in [4.69, 9.17) is 4.74 Å². The molecule has 0 saturated heterocycles. The number of carbonyl (C=O) groups is 1. The van der Waals surface area contributed by atoms with Crippen molar-refractivity contribution in [1.29, 1.82) is 0 Å². The molecule has 0 N–H and O–H groups in total. The molecule has 0 aliphatic heterocycles. The van der Waals surface area contributed by atoms with Crippen LogP contribution in [-0.2, 0) is 4.74 Å². The number of ether oxygens (including phenoxy) is 2. The number of allylic oxidation sites excluding steroid dienone is 1. The highest BCUT2D eigenvalue weighted by Gasteiger charge is 2.04. The van der Waals surface area contributed by atoms with E-state index in [-0.39, 0.29) is 0 Å². The Morgan fingerprint density at radius 2 is 1.92 bits per heavy atom. The van der Waals surface area contributed by atoms with E-state index in [2.05, 4.69) is 11.3 Å². The Morgan fingerprint density at radius 1 is 1.31 bits per heavy atom. The summed E-state index contributed by atoms with van der Waals surface area (Å²) in [6.07, 6.45) is -0.765. The number of rotatable bonds is 2. The van der Waals surface area contributed by atoms with Crippen LogP contribution >= 0.6 is 0 Å². The van der Waals surface area contributed by atoms with Crippen molar-refractivity contribution in [3.05, 3.63) is 42.7 Å². The molecule has 0 bridgehead atoms. The van der Waals surface area contributed by atoms with Gasteiger partial charge in [-0.3, -0.25) is 0 Å². The lowest BCUT2D eigenvalue weighted by Gasteiger charge is -2.03. The molecule has 1 aromatic rings. The molecule has 0 radical (unpaired) electrons. The summed E-state index contributed by atoms with van der Waals surface area (Å²) in [7, 11) is 0. The van der Waals surface area contributed by atoms with E-state index >= 15 is 0 Å². The third kappa shape index (κ3) is 3.42. The smallest absolute Gasteiger partial charge is 0.400 e. The molecule has 0 heterocycles. The second-order valence-corrected chi connectivity index (χ2v) is 2.47. The molecule has 0 aromatic heterocycles. The van der Waals surface area contributed by atoms with Gasteiger partial charge in [0.1, 0.15) is 11.5 Å². The minimum atomic E-state index is -0.765. The monoisotopic (exact) mass is 178 g/mol. The van der Waals surface area contributed by atoms with Crippen molar-refractivity contribution >= 4 is 6.16 Å². The summed E-state index contributed by atoms with van der Waals surface area (Å²) in [5.41, 5.74) is 0. The molecule has 0 atom stereocenters. The van der Waals surface area contributed by atoms with Crippen LogP contribution in [0.1, 0.15) is 6.92 Å². The van der Waals surface area contributed by atoms with Crippen LogP contribution in [0.2, 0.25) is 0 Å². The van der Waals surface area contributed by atoms with Crippen molar-refractivity contribution in [3.8, 4) is 5.75 Å². The summed E-state index contributed by atoms with van der Waals surface area (Å²) >= 11 is 0. The van der Waals surface area contributed by atoms with Gasteiger partial charge in [0.25, 0.3) is 0 Å². The summed E-state index contributed by atoms with van der Waals surface area (Å²) in [4.78, 5) is 10.9. The predicted molar refractivity (Wildman–Crippen MR) is 48.4 cm³/mol. The highest BCUT2D eigenvalue weighted by molar-refractivity contribution is 5.64. The van der Waals surface area contributed by atoms with E-state index in [9.17, 15) is 4.79 Å². The highest BCUT2D eigenvalue weighted by atomic mass is 16.7. The highest BCUT2D eigenvalue weighted by Crippen LogP contribution is 2.09. The Balaban J connectivity index is 2.50. The van der Waals surface area contributed by atoms with Gasteiger partial charge in [0.15, 0.2) is 0 Å². The third-order valence-electron chi connectivity index (χ3n) is 1.20. The minimum absolute atomic E-state index is 0.306. The fourth-order valence-corrected chi connectivity index (χ4v) is 0.748. The summed E-state index contributed by atoms with van der Waals surface area (Å²) in [6, 6.07) is 8.70. The maximum absolute atomic E-state index is 10.9. The van der Waals surface area contributed by atoms with Crippen molar-refractivity contribution in [2.45, 2.75) is 6.92 Å². The zero-order chi connectivity index (χ0) is 9.68. The van der Waals surface area contributed by atoms with Crippen LogP contribution < -0.4 is 4.74 Å². The van der Waals surface area contributed by atoms with E-state index < -0.39 is 6.16 Å². The molecule has 0 amide bonds. The SMILES string of the molecule is C=C(C)OC(=O)Oc1ccccc1. The van der Waals surface area contributed by atoms with Gasteiger partial charge in [-0.25, -0.2) is 4.79 Å². The lowest BCUT2D eigenvalue weighted by Crippen LogP contribution is -2.08. The standard InChI is InChI=1S/C10H10O3/c1-8(2)12-10(11)13-9-6-4-3-5-7-9/h3-7H,1H2,2H3. The first-order valence-corrected chi connectivity index (χ1v) is 3.78. The number of benzene rings is 1. The quantitative estimate of drug-likeness (QED) is 0.397. The van der Waals surface area contributed by atoms with Crippen LogP contribution in [0.4, 0.5) is 4.79 Å². The normalized spacial score (nSPS) is 9.00. The predicted octanol–water partition coefficient (Wildman–Crippen LogP) is 2.74. The molecule has 0 aliphatic rings. The second-order valence-electron chi connectivity index (χ2n) is 2.47. The van der Waals surface area contributed by atoms with Gasteiger partial charge < -0.3 is 9.47 Å². The molecule has 1 rings (SSSR count). The first-order chi connectivity index (χ1) is 6.18. The minimum Gasteiger partial charge on any atom is -0.400 e. The summed E-state index contributed by atoms with van der Waals surface area (Å²) in [5.74, 6) is 0.759. The number of carbonyl (C=O) groups excluding carboxylic acids is 1. The van der Waals surface area contributed by atoms with Crippen molar-refractivity contribution < 1.29 is 14.3 Å². The van der Waals surface area contributed by atoms with Gasteiger partial charge in [-0.2, -0.15) is 0 Å². The number of para-hydroxylation sites is 1. The zero-order valence-electron chi connectivity index (χ0n) is 7.32. The lowest BCUT2D eigenvalue weighted by atomic mass is 10.3. The average Bonchev–Trinajstić information content (AvgIpc) is 2.04. The molecular formula is C10H10O3. The molecule has 1 aromatic carbocycles. The Bertz CT molecular complexity index is 303. The molecule has 0 saturated carbocycles. The number of hydrogen-bond donors (Lipinski definition) is 0. The second kappa shape index (κ2) is 4.30. The van der Waals surface area contributed by atoms with Gasteiger partial charge >= 0.3 is 6.16 Å². The van der Waals surface area contributed by atoms with Crippen LogP contribution in [-0.4, -0.2) is 6.16 Å². The molecule has 0 fully saturated rings. The fraction of sp³-hybridized carbons (Fsp3) is 0.100. The average molecular weight is 178 g/mol. The Morgan fingerprint density at radius 3 is 2.46 bits per heavy atom. The van der Waals surface area contributed by atoms with Gasteiger partial charge in [0.2, 0.25) is 0 Å². The van der Waals surface area contributed by atoms with Gasteiger partial charge in [-0.1, -0.05) is 24.8 Å². The summed E-state index contributed by atoms with van der Waals surface area (Å²) in [5, 5.41) is 0. The maximum Gasteiger partial charge on any atom is 0.519 e. The number of hydrogen-bond acceptors (Lipinski definition) is 3. The first kappa shape index (κ1) is 9.32. The molecule has 0 aliphatic carbocycles. The zero-order valence-corrected chi connectivity index (χ0v) is 7.32. The molecule has 0 spiro atoms. The Kier molecular flexibility index (Phi) is 3.09. The third-order valence-corrected chi connectivity index (χ3v) is 1.20. The van der Waals surface area contributed by atoms with Crippen molar-refractivity contribution in [2.75, 3.05) is 0 Å². The lowest BCUT2D eigenvalue weighted by molar-refractivity contribution is 0.127. The maximum atomic E-state index is 10.9. The Hall–Kier alpha value is -1.77. The van der Waals surface area contributed by atoms with E-state index in [0.29, 0.717) is 11.5 Å². The topological polar surface area (TPSA) is 35.5 Å². The summed E-state index contributed by atoms with van der Waals surface area (Å²) < 4.78 is 9.40. The molecule has 13 heavy (non-hydrogen) atoms. The van der Waals surface area contributed by atoms with Crippen LogP contribution in [0, 0.1) is 0 Å². The molecular weight excluding hydrogens is 168 g/mol. The van der Waals surface area contributed by atoms with Gasteiger partial charge in [-0.15, -0.1) is 0 Å². The molecule has 68 valence electrons. The van der Waals surface area contributed by atoms with Gasteiger partial charge in [0.05, 0.1) is 0 Å². The molecule has 3 heteroatoms. The van der Waals surface area contributed by atoms with Gasteiger partial charge in [0, 0.05) is 0 Å². The van der Waals surface area contributed by atoms with Gasteiger partial charge in [-0.05, 0) is 19.1 Å². The van der Waals surface area contributed by atoms with Crippen molar-refractivity contribution in [1.82, 2.24) is 0 Å². The van der Waals surface area contributed by atoms with Crippen LogP contribution in [0.25, 0.3) is 0 Å². The van der Waals surface area contributed by atoms with E-state index in [1.54, 1.807) is 31.2 Å².